The highest BCUT2D eigenvalue weighted by molar-refractivity contribution is 7.99. The SMILES string of the molecule is CN(Cc1cccc(C#N)c1)C(=O)N1CSCC1C(=O)O. The Morgan fingerprint density at radius 1 is 1.57 bits per heavy atom. The molecule has 1 aliphatic rings. The maximum Gasteiger partial charge on any atom is 0.327 e. The van der Waals surface area contributed by atoms with Crippen LogP contribution in [0.5, 0.6) is 0 Å². The van der Waals surface area contributed by atoms with Gasteiger partial charge in [-0.15, -0.1) is 11.8 Å². The summed E-state index contributed by atoms with van der Waals surface area (Å²) in [6, 6.07) is 7.98. The lowest BCUT2D eigenvalue weighted by atomic mass is 10.1. The molecule has 1 heterocycles. The Morgan fingerprint density at radius 3 is 3.00 bits per heavy atom. The van der Waals surface area contributed by atoms with Gasteiger partial charge < -0.3 is 14.9 Å². The molecule has 2 rings (SSSR count). The molecule has 0 bridgehead atoms. The number of carboxylic acid groups (broad SMARTS) is 1. The second-order valence-corrected chi connectivity index (χ2v) is 5.77. The fourth-order valence-corrected chi connectivity index (χ4v) is 3.27. The third kappa shape index (κ3) is 3.47. The van der Waals surface area contributed by atoms with Crippen LogP contribution in [0.4, 0.5) is 4.79 Å². The van der Waals surface area contributed by atoms with E-state index in [4.69, 9.17) is 10.4 Å². The van der Waals surface area contributed by atoms with Gasteiger partial charge >= 0.3 is 12.0 Å². The molecule has 1 aromatic carbocycles. The highest BCUT2D eigenvalue weighted by atomic mass is 32.2. The molecule has 0 aliphatic carbocycles. The number of nitriles is 1. The molecule has 0 saturated carbocycles. The number of benzene rings is 1. The lowest BCUT2D eigenvalue weighted by Crippen LogP contribution is -2.47. The summed E-state index contributed by atoms with van der Waals surface area (Å²) >= 11 is 1.43. The summed E-state index contributed by atoms with van der Waals surface area (Å²) in [6.07, 6.45) is 0. The van der Waals surface area contributed by atoms with Crippen LogP contribution in [0.1, 0.15) is 11.1 Å². The van der Waals surface area contributed by atoms with Crippen LogP contribution in [0, 0.1) is 11.3 Å². The van der Waals surface area contributed by atoms with E-state index in [0.717, 1.165) is 5.56 Å². The molecular weight excluding hydrogens is 290 g/mol. The quantitative estimate of drug-likeness (QED) is 0.916. The first-order valence-electron chi connectivity index (χ1n) is 6.34. The van der Waals surface area contributed by atoms with Gasteiger partial charge in [0.2, 0.25) is 0 Å². The Balaban J connectivity index is 2.05. The van der Waals surface area contributed by atoms with E-state index < -0.39 is 12.0 Å². The van der Waals surface area contributed by atoms with Gasteiger partial charge in [-0.1, -0.05) is 12.1 Å². The smallest absolute Gasteiger partial charge is 0.327 e. The van der Waals surface area contributed by atoms with Crippen LogP contribution < -0.4 is 0 Å². The lowest BCUT2D eigenvalue weighted by Gasteiger charge is -2.27. The molecule has 1 saturated heterocycles. The fourth-order valence-electron chi connectivity index (χ4n) is 2.14. The third-order valence-corrected chi connectivity index (χ3v) is 4.23. The van der Waals surface area contributed by atoms with Gasteiger partial charge in [0.1, 0.15) is 6.04 Å². The summed E-state index contributed by atoms with van der Waals surface area (Å²) in [6.45, 7) is 0.335. The van der Waals surface area contributed by atoms with E-state index >= 15 is 0 Å². The minimum Gasteiger partial charge on any atom is -0.480 e. The lowest BCUT2D eigenvalue weighted by molar-refractivity contribution is -0.140. The van der Waals surface area contributed by atoms with E-state index in [9.17, 15) is 9.59 Å². The van der Waals surface area contributed by atoms with Gasteiger partial charge in [0, 0.05) is 19.3 Å². The molecule has 110 valence electrons. The maximum atomic E-state index is 12.3. The van der Waals surface area contributed by atoms with Crippen molar-refractivity contribution in [1.29, 1.82) is 5.26 Å². The largest absolute Gasteiger partial charge is 0.480 e. The van der Waals surface area contributed by atoms with Gasteiger partial charge in [0.25, 0.3) is 0 Å². The van der Waals surface area contributed by atoms with Gasteiger partial charge in [-0.2, -0.15) is 5.26 Å². The van der Waals surface area contributed by atoms with Crippen molar-refractivity contribution in [3.63, 3.8) is 0 Å². The summed E-state index contributed by atoms with van der Waals surface area (Å²) in [5, 5.41) is 18.0. The average Bonchev–Trinajstić information content (AvgIpc) is 2.96. The van der Waals surface area contributed by atoms with E-state index in [1.807, 2.05) is 6.07 Å². The van der Waals surface area contributed by atoms with Crippen molar-refractivity contribution < 1.29 is 14.7 Å². The molecule has 0 radical (unpaired) electrons. The zero-order valence-corrected chi connectivity index (χ0v) is 12.3. The average molecular weight is 305 g/mol. The van der Waals surface area contributed by atoms with Crippen molar-refractivity contribution in [2.24, 2.45) is 0 Å². The topological polar surface area (TPSA) is 84.6 Å². The summed E-state index contributed by atoms with van der Waals surface area (Å²) < 4.78 is 0. The van der Waals surface area contributed by atoms with Crippen molar-refractivity contribution in [3.8, 4) is 6.07 Å². The Labute approximate surface area is 126 Å². The molecule has 0 aromatic heterocycles. The van der Waals surface area contributed by atoms with Crippen LogP contribution in [-0.4, -0.2) is 51.6 Å². The number of carboxylic acids is 1. The molecule has 21 heavy (non-hydrogen) atoms. The number of hydrogen-bond acceptors (Lipinski definition) is 4. The van der Waals surface area contributed by atoms with Crippen LogP contribution in [0.15, 0.2) is 24.3 Å². The van der Waals surface area contributed by atoms with Gasteiger partial charge in [-0.3, -0.25) is 0 Å². The number of hydrogen-bond donors (Lipinski definition) is 1. The number of urea groups is 1. The molecular formula is C14H15N3O3S. The van der Waals surface area contributed by atoms with E-state index in [0.29, 0.717) is 23.7 Å². The number of nitrogens with zero attached hydrogens (tertiary/aromatic N) is 3. The minimum atomic E-state index is -0.978. The van der Waals surface area contributed by atoms with Crippen LogP contribution in [0.2, 0.25) is 0 Å². The predicted molar refractivity (Wildman–Crippen MR) is 78.6 cm³/mol. The highest BCUT2D eigenvalue weighted by Crippen LogP contribution is 2.22. The molecule has 2 amide bonds. The molecule has 6 nitrogen and oxygen atoms in total. The molecule has 0 spiro atoms. The van der Waals surface area contributed by atoms with E-state index in [1.165, 1.54) is 21.6 Å². The van der Waals surface area contributed by atoms with Gasteiger partial charge in [0.15, 0.2) is 0 Å². The number of thioether (sulfide) groups is 1. The van der Waals surface area contributed by atoms with Crippen molar-refractivity contribution in [2.75, 3.05) is 18.7 Å². The molecule has 1 unspecified atom stereocenters. The number of aliphatic carboxylic acids is 1. The van der Waals surface area contributed by atoms with Gasteiger partial charge in [0.05, 0.1) is 17.5 Å². The molecule has 7 heteroatoms. The first kappa shape index (κ1) is 15.2. The van der Waals surface area contributed by atoms with Crippen molar-refractivity contribution in [2.45, 2.75) is 12.6 Å². The van der Waals surface area contributed by atoms with E-state index in [-0.39, 0.29) is 6.03 Å². The summed E-state index contributed by atoms with van der Waals surface area (Å²) in [5.41, 5.74) is 1.37. The second kappa shape index (κ2) is 6.50. The summed E-state index contributed by atoms with van der Waals surface area (Å²) in [4.78, 5) is 26.3. The van der Waals surface area contributed by atoms with Crippen LogP contribution in [0.25, 0.3) is 0 Å². The number of carbonyl (C=O) groups excluding carboxylic acids is 1. The molecule has 1 aliphatic heterocycles. The van der Waals surface area contributed by atoms with Crippen molar-refractivity contribution in [3.05, 3.63) is 35.4 Å². The normalized spacial score (nSPS) is 17.3. The first-order chi connectivity index (χ1) is 10.0. The summed E-state index contributed by atoms with van der Waals surface area (Å²) in [5.74, 6) is -0.176. The molecule has 1 atom stereocenters. The van der Waals surface area contributed by atoms with E-state index in [1.54, 1.807) is 25.2 Å². The Kier molecular flexibility index (Phi) is 4.70. The standard InChI is InChI=1S/C14H15N3O3S/c1-16(7-11-4-2-3-10(5-11)6-15)14(20)17-9-21-8-12(17)13(18)19/h2-5,12H,7-9H2,1H3,(H,18,19). The highest BCUT2D eigenvalue weighted by Gasteiger charge is 2.35. The molecule has 1 aromatic rings. The number of rotatable bonds is 3. The summed E-state index contributed by atoms with van der Waals surface area (Å²) in [7, 11) is 1.63. The van der Waals surface area contributed by atoms with Crippen LogP contribution in [0.3, 0.4) is 0 Å². The van der Waals surface area contributed by atoms with E-state index in [2.05, 4.69) is 6.07 Å². The Hall–Kier alpha value is -2.20. The third-order valence-electron chi connectivity index (χ3n) is 3.22. The van der Waals surface area contributed by atoms with Gasteiger partial charge in [-0.25, -0.2) is 9.59 Å². The van der Waals surface area contributed by atoms with Gasteiger partial charge in [-0.05, 0) is 17.7 Å². The molecule has 1 N–H and O–H groups in total. The first-order valence-corrected chi connectivity index (χ1v) is 7.49. The predicted octanol–water partition coefficient (Wildman–Crippen LogP) is 1.57. The fraction of sp³-hybridized carbons (Fsp3) is 0.357. The maximum absolute atomic E-state index is 12.3. The number of carbonyl (C=O) groups is 2. The van der Waals surface area contributed by atoms with Crippen molar-refractivity contribution in [1.82, 2.24) is 9.80 Å². The second-order valence-electron chi connectivity index (χ2n) is 4.77. The monoisotopic (exact) mass is 305 g/mol. The zero-order valence-electron chi connectivity index (χ0n) is 11.5. The molecule has 1 fully saturated rings. The zero-order chi connectivity index (χ0) is 15.4. The Morgan fingerprint density at radius 2 is 2.33 bits per heavy atom. The Bertz CT molecular complexity index is 599. The van der Waals surface area contributed by atoms with Crippen molar-refractivity contribution >= 4 is 23.8 Å². The van der Waals surface area contributed by atoms with Crippen LogP contribution >= 0.6 is 11.8 Å². The number of amides is 2. The minimum absolute atomic E-state index is 0.310. The van der Waals surface area contributed by atoms with Crippen LogP contribution in [-0.2, 0) is 11.3 Å².